The van der Waals surface area contributed by atoms with Crippen LogP contribution in [-0.4, -0.2) is 122 Å². The third-order valence-electron chi connectivity index (χ3n) is 14.8. The van der Waals surface area contributed by atoms with Crippen molar-refractivity contribution >= 4 is 90.0 Å². The summed E-state index contributed by atoms with van der Waals surface area (Å²) in [6.07, 6.45) is 0.464. The van der Waals surface area contributed by atoms with E-state index in [1.165, 1.54) is 44.6 Å². The first-order valence-corrected chi connectivity index (χ1v) is 30.2. The molecular weight excluding hydrogens is 1130 g/mol. The predicted molar refractivity (Wildman–Crippen MR) is 323 cm³/mol. The number of rotatable bonds is 20. The molecule has 5 heterocycles. The first kappa shape index (κ1) is 60.5. The van der Waals surface area contributed by atoms with Gasteiger partial charge in [0.1, 0.15) is 12.1 Å². The average molecular weight is 1200 g/mol. The van der Waals surface area contributed by atoms with Crippen molar-refractivity contribution in [2.24, 2.45) is 5.41 Å². The Morgan fingerprint density at radius 3 is 2.45 bits per heavy atom. The monoisotopic (exact) mass is 1200 g/mol. The molecule has 0 aliphatic carbocycles. The number of para-hydroxylation sites is 2. The molecule has 4 aromatic carbocycles. The van der Waals surface area contributed by atoms with Crippen molar-refractivity contribution in [3.8, 4) is 28.0 Å². The molecule has 1 fully saturated rings. The van der Waals surface area contributed by atoms with Crippen LogP contribution < -0.4 is 25.6 Å². The number of ether oxygens (including phenoxy) is 1. The Labute approximate surface area is 498 Å². The minimum atomic E-state index is -1.17. The zero-order chi connectivity index (χ0) is 59.8. The van der Waals surface area contributed by atoms with Crippen LogP contribution in [0.25, 0.3) is 20.7 Å². The fraction of sp³-hybridized carbons (Fsp3) is 0.371. The van der Waals surface area contributed by atoms with Crippen LogP contribution in [0.2, 0.25) is 0 Å². The molecule has 9 rings (SSSR count). The molecule has 7 aromatic rings. The van der Waals surface area contributed by atoms with Gasteiger partial charge in [-0.1, -0.05) is 98.5 Å². The number of nitrogens with zero attached hydrogens (tertiary/aromatic N) is 6. The maximum atomic E-state index is 15.3. The van der Waals surface area contributed by atoms with Gasteiger partial charge in [0.2, 0.25) is 23.6 Å². The highest BCUT2D eigenvalue weighted by Crippen LogP contribution is 2.35. The van der Waals surface area contributed by atoms with Gasteiger partial charge >= 0.3 is 5.97 Å². The van der Waals surface area contributed by atoms with E-state index in [4.69, 9.17) is 4.74 Å². The molecule has 84 heavy (non-hydrogen) atoms. The van der Waals surface area contributed by atoms with E-state index in [2.05, 4.69) is 42.7 Å². The molecule has 4 atom stereocenters. The molecule has 1 saturated heterocycles. The van der Waals surface area contributed by atoms with Crippen molar-refractivity contribution in [1.29, 1.82) is 0 Å². The van der Waals surface area contributed by atoms with Crippen LogP contribution in [-0.2, 0) is 38.6 Å². The molecule has 2 aliphatic rings. The molecule has 0 spiro atoms. The van der Waals surface area contributed by atoms with Gasteiger partial charge in [-0.25, -0.2) is 24.1 Å². The van der Waals surface area contributed by atoms with Gasteiger partial charge in [0.15, 0.2) is 27.5 Å². The summed E-state index contributed by atoms with van der Waals surface area (Å²) in [6.45, 7) is 10.1. The van der Waals surface area contributed by atoms with Gasteiger partial charge in [0.05, 0.1) is 57.2 Å². The smallest absolute Gasteiger partial charge is 0.355 e. The minimum Gasteiger partial charge on any atom is -0.489 e. The fourth-order valence-corrected chi connectivity index (χ4v) is 13.0. The van der Waals surface area contributed by atoms with Crippen LogP contribution in [0.4, 0.5) is 14.7 Å². The number of hydrogen-bond donors (Lipinski definition) is 5. The molecule has 22 heteroatoms. The van der Waals surface area contributed by atoms with Gasteiger partial charge in [-0.3, -0.25) is 29.3 Å². The zero-order valence-corrected chi connectivity index (χ0v) is 49.9. The van der Waals surface area contributed by atoms with Crippen molar-refractivity contribution in [3.05, 3.63) is 140 Å². The second-order valence-corrected chi connectivity index (χ2v) is 24.9. The number of aromatic carboxylic acids is 1. The highest BCUT2D eigenvalue weighted by Gasteiger charge is 2.45. The summed E-state index contributed by atoms with van der Waals surface area (Å²) in [5.41, 5.74) is 7.20. The summed E-state index contributed by atoms with van der Waals surface area (Å²) < 4.78 is 22.1. The van der Waals surface area contributed by atoms with Gasteiger partial charge in [0, 0.05) is 56.4 Å². The number of carbonyl (C=O) groups is 6. The summed E-state index contributed by atoms with van der Waals surface area (Å²) in [7, 11) is 1.57. The van der Waals surface area contributed by atoms with Gasteiger partial charge in [-0.15, -0.1) is 22.7 Å². The Kier molecular flexibility index (Phi) is 19.2. The summed E-state index contributed by atoms with van der Waals surface area (Å²) >= 11 is 4.21. The summed E-state index contributed by atoms with van der Waals surface area (Å²) in [5.74, 6) is 1.99. The molecule has 5 N–H and O–H groups in total. The number of aromatic nitrogens is 3. The number of fused-ring (bicyclic) bond motifs is 2. The Bertz CT molecular complexity index is 3630. The number of aliphatic hydroxyl groups is 1. The molecule has 0 unspecified atom stereocenters. The van der Waals surface area contributed by atoms with E-state index in [9.17, 15) is 39.0 Å². The number of β-amino-alcohol motifs (C(OH)–C–C–N with tert-alkyl or cyclic N) is 1. The third kappa shape index (κ3) is 14.4. The first-order chi connectivity index (χ1) is 40.2. The van der Waals surface area contributed by atoms with Crippen LogP contribution in [0.15, 0.2) is 90.4 Å². The van der Waals surface area contributed by atoms with Gasteiger partial charge in [0.25, 0.3) is 5.91 Å². The number of carboxylic acids is 1. The number of amides is 5. The quantitative estimate of drug-likeness (QED) is 0.0354. The summed E-state index contributed by atoms with van der Waals surface area (Å²) in [5, 5.41) is 30.7. The fourth-order valence-electron chi connectivity index (χ4n) is 10.2. The molecule has 438 valence electrons. The van der Waals surface area contributed by atoms with E-state index in [-0.39, 0.29) is 80.6 Å². The summed E-state index contributed by atoms with van der Waals surface area (Å²) in [6, 6.07) is 23.1. The van der Waals surface area contributed by atoms with E-state index in [0.717, 1.165) is 43.0 Å². The van der Waals surface area contributed by atoms with Crippen LogP contribution in [0, 0.1) is 30.0 Å². The second kappa shape index (κ2) is 26.6. The molecular formula is C62H66FN9O9S3. The van der Waals surface area contributed by atoms with Crippen LogP contribution >= 0.6 is 34.0 Å². The zero-order valence-electron chi connectivity index (χ0n) is 47.5. The third-order valence-corrected chi connectivity index (χ3v) is 17.9. The van der Waals surface area contributed by atoms with Crippen LogP contribution in [0.3, 0.4) is 0 Å². The maximum Gasteiger partial charge on any atom is 0.355 e. The normalized spacial score (nSPS) is 15.6. The highest BCUT2D eigenvalue weighted by atomic mass is 32.1. The van der Waals surface area contributed by atoms with Crippen LogP contribution in [0.5, 0.6) is 5.75 Å². The Balaban J connectivity index is 0.733. The molecule has 0 bridgehead atoms. The van der Waals surface area contributed by atoms with Gasteiger partial charge in [-0.05, 0) is 97.5 Å². The largest absolute Gasteiger partial charge is 0.489 e. The molecule has 5 amide bonds. The van der Waals surface area contributed by atoms with Crippen molar-refractivity contribution in [2.75, 3.05) is 43.5 Å². The van der Waals surface area contributed by atoms with Crippen molar-refractivity contribution < 1.29 is 48.1 Å². The lowest BCUT2D eigenvalue weighted by Crippen LogP contribution is -2.57. The van der Waals surface area contributed by atoms with Gasteiger partial charge in [-0.2, -0.15) is 0 Å². The standard InChI is InChI=1S/C62H66FN9O9S3/c1-36(38-24-26-41(27-25-38)54-37(2)64-35-82-54)65-57(77)47-32-42(73)33-72(47)58(78)55(62(3,4)5)67-50(74)22-11-23-51(75)70(6)29-12-16-40-15-10-18-45(63)53(40)81-31-13-21-49-52(59(79)80)68-61(84-49)71-30-28-39-14-9-17-43(44(39)34-71)56(76)69-60-66-46-19-7-8-20-48(46)83-60/h7-10,14-15,17-20,24-27,35-36,42,47,55,73H,11,13,21-23,28-34H2,1-6H3,(H,65,77)(H,67,74)(H,79,80)(H,66,69,76)/t36-,42+,47-,55+/m0/s1. The van der Waals surface area contributed by atoms with E-state index in [1.54, 1.807) is 56.8 Å². The predicted octanol–water partition coefficient (Wildman–Crippen LogP) is 9.20. The number of thiazole rings is 3. The lowest BCUT2D eigenvalue weighted by Gasteiger charge is -2.35. The Hall–Kier alpha value is -8.10. The number of aliphatic hydroxyl groups excluding tert-OH is 1. The average Bonchev–Trinajstić information content (AvgIpc) is 3.74. The van der Waals surface area contributed by atoms with Gasteiger partial charge < -0.3 is 40.3 Å². The number of nitrogens with one attached hydrogen (secondary N) is 3. The topological polar surface area (TPSA) is 237 Å². The molecule has 0 radical (unpaired) electrons. The number of carbonyl (C=O) groups excluding carboxylic acids is 5. The van der Waals surface area contributed by atoms with E-state index in [1.807, 2.05) is 79.4 Å². The first-order valence-electron chi connectivity index (χ1n) is 27.7. The van der Waals surface area contributed by atoms with Crippen molar-refractivity contribution in [3.63, 3.8) is 0 Å². The number of hydrogen-bond acceptors (Lipinski definition) is 15. The van der Waals surface area contributed by atoms with E-state index in [0.29, 0.717) is 46.6 Å². The number of anilines is 2. The maximum absolute atomic E-state index is 15.3. The molecule has 2 aliphatic heterocycles. The lowest BCUT2D eigenvalue weighted by molar-refractivity contribution is -0.144. The van der Waals surface area contributed by atoms with E-state index >= 15 is 4.39 Å². The van der Waals surface area contributed by atoms with Crippen molar-refractivity contribution in [1.82, 2.24) is 35.4 Å². The summed E-state index contributed by atoms with van der Waals surface area (Å²) in [4.78, 5) is 100. The second-order valence-electron chi connectivity index (χ2n) is 22.0. The van der Waals surface area contributed by atoms with Crippen molar-refractivity contribution in [2.45, 2.75) is 110 Å². The van der Waals surface area contributed by atoms with E-state index < -0.39 is 59.2 Å². The Morgan fingerprint density at radius 1 is 0.940 bits per heavy atom. The lowest BCUT2D eigenvalue weighted by atomic mass is 9.85. The number of aryl methyl sites for hydroxylation is 2. The highest BCUT2D eigenvalue weighted by molar-refractivity contribution is 7.22. The van der Waals surface area contributed by atoms with Crippen LogP contribution in [0.1, 0.15) is 120 Å². The molecule has 18 nitrogen and oxygen atoms in total. The Morgan fingerprint density at radius 2 is 1.71 bits per heavy atom. The minimum absolute atomic E-state index is 0.00335. The molecule has 3 aromatic heterocycles. The molecule has 0 saturated carbocycles. The number of carboxylic acid groups (broad SMARTS) is 1. The number of halogens is 1. The SMILES string of the molecule is Cc1ncsc1-c1ccc([C@H](C)NC(=O)[C@@H]2C[C@@H](O)CN2C(=O)[C@@H](NC(=O)CCCC(=O)N(C)CC#Cc2cccc(F)c2OCCCc2sc(N3CCc4cccc(C(=O)Nc5nc6ccccc6s5)c4C3)nc2C(=O)O)C(C)(C)C)cc1. The number of likely N-dealkylation sites (tertiary alicyclic amines) is 1. The number of benzene rings is 4.